The number of carbonyl (C=O) groups is 1. The fraction of sp³-hybridized carbons (Fsp3) is 0.522. The zero-order chi connectivity index (χ0) is 20.8. The molecule has 1 aromatic rings. The number of benzene rings is 1. The summed E-state index contributed by atoms with van der Waals surface area (Å²) < 4.78 is 11.0. The average molecular weight is 389 g/mol. The standard InChI is InChI=1S/C23H32O5/c1-14(2)22-19(25)11-15(3)7-6-8-16(4)12-21(22)28-23(26)17-9-10-18(24)20(13-17)27-5/h8-11,13-14,19,21-22,24-25H,6-7,12H2,1-5H3/b15-11+,16-8-/t19-,21+,22-/m0/s1. The molecule has 0 unspecified atom stereocenters. The molecule has 0 saturated carbocycles. The number of rotatable bonds is 4. The largest absolute Gasteiger partial charge is 0.504 e. The van der Waals surface area contributed by atoms with Gasteiger partial charge in [0.1, 0.15) is 6.10 Å². The second-order valence-electron chi connectivity index (χ2n) is 7.95. The van der Waals surface area contributed by atoms with Gasteiger partial charge in [-0.15, -0.1) is 0 Å². The number of phenols is 1. The van der Waals surface area contributed by atoms with Gasteiger partial charge in [0.05, 0.1) is 18.8 Å². The molecule has 0 saturated heterocycles. The summed E-state index contributed by atoms with van der Waals surface area (Å²) in [6, 6.07) is 4.38. The Morgan fingerprint density at radius 1 is 1.21 bits per heavy atom. The molecule has 0 bridgehead atoms. The van der Waals surface area contributed by atoms with E-state index < -0.39 is 18.2 Å². The third-order valence-electron chi connectivity index (χ3n) is 5.28. The maximum absolute atomic E-state index is 12.8. The zero-order valence-electron chi connectivity index (χ0n) is 17.4. The van der Waals surface area contributed by atoms with Gasteiger partial charge >= 0.3 is 5.97 Å². The molecule has 28 heavy (non-hydrogen) atoms. The van der Waals surface area contributed by atoms with Gasteiger partial charge in [0, 0.05) is 12.3 Å². The summed E-state index contributed by atoms with van der Waals surface area (Å²) >= 11 is 0. The Morgan fingerprint density at radius 3 is 2.57 bits per heavy atom. The first-order valence-corrected chi connectivity index (χ1v) is 9.82. The van der Waals surface area contributed by atoms with Crippen molar-refractivity contribution >= 4 is 5.97 Å². The molecule has 0 amide bonds. The molecular formula is C23H32O5. The average Bonchev–Trinajstić information content (AvgIpc) is 2.61. The maximum Gasteiger partial charge on any atom is 0.338 e. The molecule has 1 aliphatic carbocycles. The van der Waals surface area contributed by atoms with Crippen molar-refractivity contribution in [2.45, 2.75) is 59.2 Å². The number of phenolic OH excluding ortho intramolecular Hbond substituents is 1. The van der Waals surface area contributed by atoms with Crippen molar-refractivity contribution in [3.63, 3.8) is 0 Å². The molecule has 0 aliphatic heterocycles. The second-order valence-corrected chi connectivity index (χ2v) is 7.95. The summed E-state index contributed by atoms with van der Waals surface area (Å²) in [6.07, 6.45) is 5.33. The van der Waals surface area contributed by atoms with E-state index in [9.17, 15) is 15.0 Å². The number of methoxy groups -OCH3 is 1. The first-order chi connectivity index (χ1) is 13.2. The van der Waals surface area contributed by atoms with Gasteiger partial charge in [-0.3, -0.25) is 0 Å². The van der Waals surface area contributed by atoms with Crippen LogP contribution in [0.4, 0.5) is 0 Å². The molecule has 2 N–H and O–H groups in total. The molecule has 0 aromatic heterocycles. The summed E-state index contributed by atoms with van der Waals surface area (Å²) in [4.78, 5) is 12.8. The van der Waals surface area contributed by atoms with Gasteiger partial charge < -0.3 is 19.7 Å². The molecule has 5 heteroatoms. The van der Waals surface area contributed by atoms with Crippen LogP contribution in [-0.2, 0) is 4.74 Å². The van der Waals surface area contributed by atoms with Gasteiger partial charge in [-0.1, -0.05) is 37.1 Å². The van der Waals surface area contributed by atoms with Crippen LogP contribution in [0.5, 0.6) is 11.5 Å². The SMILES string of the molecule is COc1cc(C(=O)O[C@@H]2C/C(C)=C\CC/C(C)=C/[C@H](O)[C@@H]2C(C)C)ccc1O. The Kier molecular flexibility index (Phi) is 7.69. The van der Waals surface area contributed by atoms with Gasteiger partial charge in [0.25, 0.3) is 0 Å². The van der Waals surface area contributed by atoms with Gasteiger partial charge in [-0.2, -0.15) is 0 Å². The number of ether oxygens (including phenoxy) is 2. The zero-order valence-corrected chi connectivity index (χ0v) is 17.4. The van der Waals surface area contributed by atoms with Crippen molar-refractivity contribution in [3.05, 3.63) is 47.1 Å². The number of hydrogen-bond donors (Lipinski definition) is 2. The van der Waals surface area contributed by atoms with Crippen molar-refractivity contribution < 1.29 is 24.5 Å². The first-order valence-electron chi connectivity index (χ1n) is 9.82. The van der Waals surface area contributed by atoms with E-state index in [1.54, 1.807) is 0 Å². The molecule has 2 rings (SSSR count). The van der Waals surface area contributed by atoms with Crippen LogP contribution in [0.2, 0.25) is 0 Å². The Balaban J connectivity index is 2.33. The molecule has 1 aliphatic rings. The third kappa shape index (κ3) is 5.61. The van der Waals surface area contributed by atoms with Crippen LogP contribution in [0.25, 0.3) is 0 Å². The number of allylic oxidation sites excluding steroid dienone is 2. The molecule has 0 spiro atoms. The van der Waals surface area contributed by atoms with E-state index in [1.165, 1.54) is 25.3 Å². The molecule has 0 heterocycles. The molecule has 5 nitrogen and oxygen atoms in total. The highest BCUT2D eigenvalue weighted by molar-refractivity contribution is 5.90. The van der Waals surface area contributed by atoms with Crippen molar-refractivity contribution in [2.75, 3.05) is 7.11 Å². The Hall–Kier alpha value is -2.27. The molecule has 3 atom stereocenters. The first kappa shape index (κ1) is 22.0. The van der Waals surface area contributed by atoms with Crippen molar-refractivity contribution in [1.29, 1.82) is 0 Å². The van der Waals surface area contributed by atoms with Crippen molar-refractivity contribution in [2.24, 2.45) is 11.8 Å². The fourth-order valence-electron chi connectivity index (χ4n) is 3.74. The number of aliphatic hydroxyl groups is 1. The summed E-state index contributed by atoms with van der Waals surface area (Å²) in [5.74, 6) is -0.410. The van der Waals surface area contributed by atoms with Gasteiger partial charge in [-0.25, -0.2) is 4.79 Å². The number of aromatic hydroxyl groups is 1. The van der Waals surface area contributed by atoms with E-state index in [0.717, 1.165) is 24.0 Å². The molecule has 1 aromatic carbocycles. The van der Waals surface area contributed by atoms with Crippen LogP contribution in [0, 0.1) is 11.8 Å². The van der Waals surface area contributed by atoms with Crippen LogP contribution in [0.3, 0.4) is 0 Å². The summed E-state index contributed by atoms with van der Waals surface area (Å²) in [6.45, 7) is 8.13. The van der Waals surface area contributed by atoms with Crippen LogP contribution in [-0.4, -0.2) is 35.5 Å². The summed E-state index contributed by atoms with van der Waals surface area (Å²) in [7, 11) is 1.43. The van der Waals surface area contributed by atoms with E-state index in [-0.39, 0.29) is 23.3 Å². The van der Waals surface area contributed by atoms with E-state index in [4.69, 9.17) is 9.47 Å². The monoisotopic (exact) mass is 388 g/mol. The Bertz CT molecular complexity index is 747. The minimum Gasteiger partial charge on any atom is -0.504 e. The van der Waals surface area contributed by atoms with Gasteiger partial charge in [0.2, 0.25) is 0 Å². The maximum atomic E-state index is 12.8. The highest BCUT2D eigenvalue weighted by atomic mass is 16.5. The van der Waals surface area contributed by atoms with E-state index in [1.807, 2.05) is 33.8 Å². The lowest BCUT2D eigenvalue weighted by Gasteiger charge is -2.33. The van der Waals surface area contributed by atoms with Crippen LogP contribution in [0.1, 0.15) is 57.3 Å². The molecule has 0 radical (unpaired) electrons. The minimum atomic E-state index is -0.682. The van der Waals surface area contributed by atoms with E-state index in [2.05, 4.69) is 6.08 Å². The molecule has 0 fully saturated rings. The third-order valence-corrected chi connectivity index (χ3v) is 5.28. The molecular weight excluding hydrogens is 356 g/mol. The summed E-state index contributed by atoms with van der Waals surface area (Å²) in [5, 5.41) is 20.6. The number of esters is 1. The predicted octanol–water partition coefficient (Wildman–Crippen LogP) is 4.64. The lowest BCUT2D eigenvalue weighted by atomic mass is 9.81. The van der Waals surface area contributed by atoms with Crippen molar-refractivity contribution in [1.82, 2.24) is 0 Å². The second kappa shape index (κ2) is 9.78. The van der Waals surface area contributed by atoms with Gasteiger partial charge in [0.15, 0.2) is 11.5 Å². The highest BCUT2D eigenvalue weighted by Crippen LogP contribution is 2.31. The lowest BCUT2D eigenvalue weighted by Crippen LogP contribution is -2.38. The smallest absolute Gasteiger partial charge is 0.338 e. The normalized spacial score (nSPS) is 27.3. The van der Waals surface area contributed by atoms with Crippen LogP contribution < -0.4 is 4.74 Å². The highest BCUT2D eigenvalue weighted by Gasteiger charge is 2.33. The topological polar surface area (TPSA) is 76.0 Å². The van der Waals surface area contributed by atoms with Gasteiger partial charge in [-0.05, 0) is 50.8 Å². The fourth-order valence-corrected chi connectivity index (χ4v) is 3.74. The minimum absolute atomic E-state index is 0.0346. The predicted molar refractivity (Wildman–Crippen MR) is 110 cm³/mol. The number of carbonyl (C=O) groups excluding carboxylic acids is 1. The Morgan fingerprint density at radius 2 is 1.93 bits per heavy atom. The van der Waals surface area contributed by atoms with E-state index in [0.29, 0.717) is 12.0 Å². The Labute approximate surface area is 167 Å². The van der Waals surface area contributed by atoms with Crippen molar-refractivity contribution in [3.8, 4) is 11.5 Å². The summed E-state index contributed by atoms with van der Waals surface area (Å²) in [5.41, 5.74) is 2.59. The quantitative estimate of drug-likeness (QED) is 0.581. The van der Waals surface area contributed by atoms with Crippen LogP contribution >= 0.6 is 0 Å². The number of aliphatic hydroxyl groups excluding tert-OH is 1. The van der Waals surface area contributed by atoms with Crippen LogP contribution in [0.15, 0.2) is 41.5 Å². The number of hydrogen-bond acceptors (Lipinski definition) is 5. The lowest BCUT2D eigenvalue weighted by molar-refractivity contribution is -0.0217. The van der Waals surface area contributed by atoms with E-state index >= 15 is 0 Å². The molecule has 154 valence electrons.